The molecular formula is C36H48O11. The van der Waals surface area contributed by atoms with Crippen LogP contribution in [0.25, 0.3) is 0 Å². The number of carbonyl (C=O) groups excluding carboxylic acids is 4. The molecule has 0 N–H and O–H groups in total. The van der Waals surface area contributed by atoms with Crippen LogP contribution in [0.1, 0.15) is 74.7 Å². The van der Waals surface area contributed by atoms with Gasteiger partial charge in [0.05, 0.1) is 31.0 Å². The zero-order valence-corrected chi connectivity index (χ0v) is 28.8. The maximum absolute atomic E-state index is 13.7. The van der Waals surface area contributed by atoms with Crippen LogP contribution in [0, 0.1) is 39.9 Å². The van der Waals surface area contributed by atoms with Gasteiger partial charge in [-0.1, -0.05) is 32.4 Å². The molecule has 0 bridgehead atoms. The summed E-state index contributed by atoms with van der Waals surface area (Å²) in [4.78, 5) is 51.8. The second-order valence-electron chi connectivity index (χ2n) is 14.9. The summed E-state index contributed by atoms with van der Waals surface area (Å²) < 4.78 is 43.5. The van der Waals surface area contributed by atoms with Crippen LogP contribution in [0.5, 0.6) is 0 Å². The second kappa shape index (κ2) is 11.8. The lowest BCUT2D eigenvalue weighted by Gasteiger charge is -2.66. The highest BCUT2D eigenvalue weighted by Gasteiger charge is 2.78. The number of allylic oxidation sites excluding steroid dienone is 2. The number of esters is 4. The fourth-order valence-electron chi connectivity index (χ4n) is 10.6. The van der Waals surface area contributed by atoms with Crippen molar-refractivity contribution in [2.75, 3.05) is 13.7 Å². The van der Waals surface area contributed by atoms with Gasteiger partial charge in [0.25, 0.3) is 0 Å². The van der Waals surface area contributed by atoms with Crippen molar-refractivity contribution in [2.45, 2.75) is 111 Å². The molecule has 3 aliphatic carbocycles. The Bertz CT molecular complexity index is 1450. The minimum Gasteiger partial charge on any atom is -0.462 e. The molecule has 6 aliphatic rings. The first-order valence-corrected chi connectivity index (χ1v) is 16.7. The highest BCUT2D eigenvalue weighted by molar-refractivity contribution is 5.88. The van der Waals surface area contributed by atoms with Crippen LogP contribution >= 0.6 is 0 Å². The highest BCUT2D eigenvalue weighted by atomic mass is 16.7. The molecule has 4 fully saturated rings. The van der Waals surface area contributed by atoms with Gasteiger partial charge in [0.1, 0.15) is 18.3 Å². The average Bonchev–Trinajstić information content (AvgIpc) is 3.67. The molecule has 13 unspecified atom stereocenters. The minimum absolute atomic E-state index is 0.202. The van der Waals surface area contributed by atoms with Crippen LogP contribution in [0.15, 0.2) is 35.1 Å². The molecule has 3 heterocycles. The largest absolute Gasteiger partial charge is 0.462 e. The third kappa shape index (κ3) is 4.93. The van der Waals surface area contributed by atoms with E-state index in [1.807, 2.05) is 6.92 Å². The fraction of sp³-hybridized carbons (Fsp3) is 0.722. The van der Waals surface area contributed by atoms with E-state index in [1.54, 1.807) is 33.1 Å². The first kappa shape index (κ1) is 33.9. The van der Waals surface area contributed by atoms with Gasteiger partial charge in [-0.25, -0.2) is 4.79 Å². The van der Waals surface area contributed by atoms with Gasteiger partial charge in [-0.05, 0) is 50.7 Å². The lowest BCUT2D eigenvalue weighted by molar-refractivity contribution is -0.262. The van der Waals surface area contributed by atoms with Gasteiger partial charge in [0.15, 0.2) is 6.29 Å². The molecule has 0 radical (unpaired) electrons. The third-order valence-electron chi connectivity index (χ3n) is 12.7. The van der Waals surface area contributed by atoms with Crippen LogP contribution < -0.4 is 0 Å². The van der Waals surface area contributed by atoms with Crippen molar-refractivity contribution in [3.63, 3.8) is 0 Å². The van der Waals surface area contributed by atoms with E-state index in [0.717, 1.165) is 11.1 Å². The van der Waals surface area contributed by atoms with Gasteiger partial charge >= 0.3 is 23.9 Å². The smallest absolute Gasteiger partial charge is 0.333 e. The van der Waals surface area contributed by atoms with Gasteiger partial charge in [0.2, 0.25) is 0 Å². The van der Waals surface area contributed by atoms with Crippen molar-refractivity contribution < 1.29 is 52.3 Å². The third-order valence-corrected chi connectivity index (χ3v) is 12.7. The summed E-state index contributed by atoms with van der Waals surface area (Å²) in [6, 6.07) is 0. The van der Waals surface area contributed by atoms with E-state index in [-0.39, 0.29) is 36.8 Å². The van der Waals surface area contributed by atoms with Crippen LogP contribution in [0.2, 0.25) is 0 Å². The molecule has 6 rings (SSSR count). The Labute approximate surface area is 276 Å². The summed E-state index contributed by atoms with van der Waals surface area (Å²) in [5, 5.41) is 0. The van der Waals surface area contributed by atoms with Gasteiger partial charge in [0, 0.05) is 61.5 Å². The quantitative estimate of drug-likeness (QED) is 0.172. The second-order valence-corrected chi connectivity index (χ2v) is 14.9. The number of methoxy groups -OCH3 is 1. The number of fused-ring (bicyclic) bond motifs is 4. The summed E-state index contributed by atoms with van der Waals surface area (Å²) in [6.07, 6.45) is 2.41. The first-order chi connectivity index (χ1) is 22.1. The van der Waals surface area contributed by atoms with E-state index in [9.17, 15) is 19.2 Å². The highest BCUT2D eigenvalue weighted by Crippen LogP contribution is 2.72. The minimum atomic E-state index is -0.902. The predicted molar refractivity (Wildman–Crippen MR) is 166 cm³/mol. The molecule has 0 aromatic carbocycles. The molecular weight excluding hydrogens is 608 g/mol. The van der Waals surface area contributed by atoms with E-state index >= 15 is 0 Å². The maximum atomic E-state index is 13.7. The molecule has 11 heteroatoms. The van der Waals surface area contributed by atoms with Gasteiger partial charge < -0.3 is 33.2 Å². The Morgan fingerprint density at radius 1 is 0.979 bits per heavy atom. The van der Waals surface area contributed by atoms with E-state index in [0.29, 0.717) is 18.4 Å². The van der Waals surface area contributed by atoms with Crippen LogP contribution in [-0.2, 0) is 52.3 Å². The van der Waals surface area contributed by atoms with Crippen LogP contribution in [-0.4, -0.2) is 74.4 Å². The standard InChI is InChI=1S/C36H48O11/c1-10-17(2)32(39)47-31-29-30-34(6,16-43-29)25(44-19(4)37)15-26(45-20(5)38)35(30,7)24-14-27(41-9)46-23-13-22(21-11-12-42-33(21)40)18(3)28(23)36(24,31)8/h10-12,21-27,29-31H,13-16H2,1-9H3. The molecule has 258 valence electrons. The SMILES string of the molecule is CC=C(C)C(=O)OC1C2OCC3(C)C(OC(C)=O)CC(OC(C)=O)C(C)(C23)C2CC(OC)OC3CC(C4C=COC4=O)C(C)=C3C12C. The van der Waals surface area contributed by atoms with Gasteiger partial charge in [-0.2, -0.15) is 0 Å². The molecule has 0 aromatic heterocycles. The molecule has 2 saturated heterocycles. The Kier molecular flexibility index (Phi) is 8.53. The van der Waals surface area contributed by atoms with E-state index in [2.05, 4.69) is 20.8 Å². The van der Waals surface area contributed by atoms with Gasteiger partial charge in [-0.3, -0.25) is 14.4 Å². The Morgan fingerprint density at radius 3 is 2.26 bits per heavy atom. The summed E-state index contributed by atoms with van der Waals surface area (Å²) >= 11 is 0. The van der Waals surface area contributed by atoms with Gasteiger partial charge in [-0.15, -0.1) is 0 Å². The van der Waals surface area contributed by atoms with Crippen molar-refractivity contribution in [2.24, 2.45) is 39.9 Å². The number of ether oxygens (including phenoxy) is 7. The lowest BCUT2D eigenvalue weighted by atomic mass is 9.39. The van der Waals surface area contributed by atoms with E-state index in [1.165, 1.54) is 20.1 Å². The number of rotatable bonds is 6. The fourth-order valence-corrected chi connectivity index (χ4v) is 10.6. The zero-order valence-electron chi connectivity index (χ0n) is 28.8. The molecule has 2 saturated carbocycles. The lowest BCUT2D eigenvalue weighted by Crippen LogP contribution is -2.72. The number of hydrogen-bond donors (Lipinski definition) is 0. The summed E-state index contributed by atoms with van der Waals surface area (Å²) in [5.41, 5.74) is 0.0501. The zero-order chi connectivity index (χ0) is 34.2. The monoisotopic (exact) mass is 656 g/mol. The number of hydrogen-bond acceptors (Lipinski definition) is 11. The molecule has 47 heavy (non-hydrogen) atoms. The molecule has 3 aliphatic heterocycles. The van der Waals surface area contributed by atoms with Crippen molar-refractivity contribution in [1.82, 2.24) is 0 Å². The number of carbonyl (C=O) groups is 4. The molecule has 0 amide bonds. The summed E-state index contributed by atoms with van der Waals surface area (Å²) in [5.74, 6) is -2.99. The van der Waals surface area contributed by atoms with Crippen LogP contribution in [0.3, 0.4) is 0 Å². The Morgan fingerprint density at radius 2 is 1.66 bits per heavy atom. The normalized spacial score (nSPS) is 45.4. The number of cyclic esters (lactones) is 1. The van der Waals surface area contributed by atoms with E-state index < -0.39 is 76.9 Å². The van der Waals surface area contributed by atoms with Crippen molar-refractivity contribution >= 4 is 23.9 Å². The first-order valence-electron chi connectivity index (χ1n) is 16.7. The van der Waals surface area contributed by atoms with Crippen molar-refractivity contribution in [3.05, 3.63) is 35.1 Å². The average molecular weight is 657 g/mol. The van der Waals surface area contributed by atoms with Crippen LogP contribution in [0.4, 0.5) is 0 Å². The van der Waals surface area contributed by atoms with E-state index in [4.69, 9.17) is 33.2 Å². The summed E-state index contributed by atoms with van der Waals surface area (Å²) in [6.45, 7) is 14.9. The summed E-state index contributed by atoms with van der Waals surface area (Å²) in [7, 11) is 1.61. The van der Waals surface area contributed by atoms with Crippen molar-refractivity contribution in [1.29, 1.82) is 0 Å². The van der Waals surface area contributed by atoms with Crippen molar-refractivity contribution in [3.8, 4) is 0 Å². The molecule has 0 spiro atoms. The Hall–Kier alpha value is -3.02. The molecule has 13 atom stereocenters. The topological polar surface area (TPSA) is 133 Å². The predicted octanol–water partition coefficient (Wildman–Crippen LogP) is 4.58. The Balaban J connectivity index is 1.61. The molecule has 0 aromatic rings. The molecule has 11 nitrogen and oxygen atoms in total. The maximum Gasteiger partial charge on any atom is 0.333 e.